The Morgan fingerprint density at radius 1 is 0.967 bits per heavy atom. The Labute approximate surface area is 176 Å². The van der Waals surface area contributed by atoms with Gasteiger partial charge in [0.05, 0.1) is 10.9 Å². The van der Waals surface area contributed by atoms with Crippen LogP contribution in [0.2, 0.25) is 5.02 Å². The Hall–Kier alpha value is -3.44. The van der Waals surface area contributed by atoms with Gasteiger partial charge in [0.1, 0.15) is 11.4 Å². The first-order chi connectivity index (χ1) is 14.3. The number of benzene rings is 3. The van der Waals surface area contributed by atoms with Crippen LogP contribution in [0.5, 0.6) is 5.75 Å². The molecule has 4 nitrogen and oxygen atoms in total. The number of aryl methyl sites for hydroxylation is 2. The molecule has 0 saturated carbocycles. The normalized spacial score (nSPS) is 10.9. The maximum Gasteiger partial charge on any atom is 0.343 e. The number of carbonyl (C=O) groups is 1. The minimum atomic E-state index is -0.791. The molecule has 4 rings (SSSR count). The Balaban J connectivity index is 1.92. The second-order valence-electron chi connectivity index (χ2n) is 6.93. The number of hydrogen-bond acceptors (Lipinski definition) is 4. The molecule has 0 aliphatic rings. The number of hydrogen-bond donors (Lipinski definition) is 0. The Morgan fingerprint density at radius 2 is 1.60 bits per heavy atom. The van der Waals surface area contributed by atoms with Crippen LogP contribution in [0.25, 0.3) is 22.3 Å². The zero-order chi connectivity index (χ0) is 21.4. The van der Waals surface area contributed by atoms with Crippen molar-refractivity contribution in [2.24, 2.45) is 0 Å². The summed E-state index contributed by atoms with van der Waals surface area (Å²) in [5.41, 5.74) is 2.42. The fourth-order valence-electron chi connectivity index (χ4n) is 3.05. The molecule has 0 radical (unpaired) electrons. The Morgan fingerprint density at radius 3 is 2.27 bits per heavy atom. The zero-order valence-corrected chi connectivity index (χ0v) is 16.9. The second kappa shape index (κ2) is 7.76. The molecule has 4 aromatic rings. The van der Waals surface area contributed by atoms with Gasteiger partial charge >= 0.3 is 5.97 Å². The van der Waals surface area contributed by atoms with Gasteiger partial charge < -0.3 is 9.15 Å². The van der Waals surface area contributed by atoms with Crippen molar-refractivity contribution in [1.82, 2.24) is 0 Å². The number of ether oxygens (including phenoxy) is 1. The lowest BCUT2D eigenvalue weighted by molar-refractivity contribution is 0.0731. The predicted octanol–water partition coefficient (Wildman–Crippen LogP) is 6.09. The average molecular weight is 423 g/mol. The van der Waals surface area contributed by atoms with Crippen LogP contribution in [0.15, 0.2) is 69.9 Å². The van der Waals surface area contributed by atoms with Gasteiger partial charge in [-0.15, -0.1) is 0 Å². The van der Waals surface area contributed by atoms with Gasteiger partial charge in [-0.25, -0.2) is 9.18 Å². The van der Waals surface area contributed by atoms with Crippen molar-refractivity contribution in [3.63, 3.8) is 0 Å². The van der Waals surface area contributed by atoms with Gasteiger partial charge in [0.25, 0.3) is 0 Å². The van der Waals surface area contributed by atoms with E-state index in [9.17, 15) is 14.0 Å². The first-order valence-electron chi connectivity index (χ1n) is 9.15. The van der Waals surface area contributed by atoms with E-state index in [-0.39, 0.29) is 17.1 Å². The van der Waals surface area contributed by atoms with Crippen LogP contribution in [-0.4, -0.2) is 5.97 Å². The third-order valence-electron chi connectivity index (χ3n) is 4.85. The predicted molar refractivity (Wildman–Crippen MR) is 114 cm³/mol. The van der Waals surface area contributed by atoms with Crippen LogP contribution in [0, 0.1) is 19.7 Å². The fourth-order valence-corrected chi connectivity index (χ4v) is 3.18. The molecule has 3 aromatic carbocycles. The van der Waals surface area contributed by atoms with E-state index in [1.807, 2.05) is 13.8 Å². The quantitative estimate of drug-likeness (QED) is 0.375. The van der Waals surface area contributed by atoms with E-state index < -0.39 is 17.2 Å². The molecule has 6 heteroatoms. The van der Waals surface area contributed by atoms with Crippen molar-refractivity contribution < 1.29 is 18.3 Å². The molecule has 0 aliphatic carbocycles. The van der Waals surface area contributed by atoms with Crippen LogP contribution in [0.1, 0.15) is 21.5 Å². The van der Waals surface area contributed by atoms with Gasteiger partial charge in [-0.05, 0) is 85.6 Å². The van der Waals surface area contributed by atoms with Crippen molar-refractivity contribution in [2.75, 3.05) is 0 Å². The van der Waals surface area contributed by atoms with Crippen LogP contribution in [0.4, 0.5) is 4.39 Å². The Bertz CT molecular complexity index is 1320. The third-order valence-corrected chi connectivity index (χ3v) is 5.10. The van der Waals surface area contributed by atoms with Crippen LogP contribution >= 0.6 is 11.6 Å². The van der Waals surface area contributed by atoms with Crippen molar-refractivity contribution in [3.8, 4) is 17.1 Å². The molecule has 0 unspecified atom stereocenters. The Kier molecular flexibility index (Phi) is 5.14. The standard InChI is InChI=1S/C24H16ClFO4/c1-13-11-19-20(12-14(13)2)29-22(15-3-7-17(25)8-4-15)23(21(19)27)30-24(28)16-5-9-18(26)10-6-16/h3-12H,1-2H3. The lowest BCUT2D eigenvalue weighted by Crippen LogP contribution is -2.16. The van der Waals surface area contributed by atoms with E-state index in [0.717, 1.165) is 23.3 Å². The highest BCUT2D eigenvalue weighted by Gasteiger charge is 2.22. The van der Waals surface area contributed by atoms with Crippen molar-refractivity contribution >= 4 is 28.5 Å². The molecule has 30 heavy (non-hydrogen) atoms. The van der Waals surface area contributed by atoms with E-state index in [1.54, 1.807) is 36.4 Å². The van der Waals surface area contributed by atoms with Gasteiger partial charge in [0, 0.05) is 10.6 Å². The molecule has 0 aliphatic heterocycles. The van der Waals surface area contributed by atoms with Gasteiger partial charge in [0.15, 0.2) is 5.76 Å². The van der Waals surface area contributed by atoms with Gasteiger partial charge in [0.2, 0.25) is 11.2 Å². The van der Waals surface area contributed by atoms with Crippen molar-refractivity contribution in [1.29, 1.82) is 0 Å². The summed E-state index contributed by atoms with van der Waals surface area (Å²) in [5, 5.41) is 0.816. The molecular formula is C24H16ClFO4. The molecule has 1 heterocycles. The SMILES string of the molecule is Cc1cc2oc(-c3ccc(Cl)cc3)c(OC(=O)c3ccc(F)cc3)c(=O)c2cc1C. The summed E-state index contributed by atoms with van der Waals surface area (Å²) in [5.74, 6) is -1.39. The maximum atomic E-state index is 13.3. The molecule has 0 atom stereocenters. The molecular weight excluding hydrogens is 407 g/mol. The molecule has 0 fully saturated rings. The summed E-state index contributed by atoms with van der Waals surface area (Å²) in [6.45, 7) is 3.80. The summed E-state index contributed by atoms with van der Waals surface area (Å²) in [4.78, 5) is 25.9. The largest absolute Gasteiger partial charge is 0.452 e. The minimum absolute atomic E-state index is 0.109. The summed E-state index contributed by atoms with van der Waals surface area (Å²) in [7, 11) is 0. The van der Waals surface area contributed by atoms with Gasteiger partial charge in [-0.3, -0.25) is 4.79 Å². The first-order valence-corrected chi connectivity index (χ1v) is 9.53. The van der Waals surface area contributed by atoms with Gasteiger partial charge in [-0.1, -0.05) is 11.6 Å². The number of fused-ring (bicyclic) bond motifs is 1. The summed E-state index contributed by atoms with van der Waals surface area (Å²) >= 11 is 5.97. The lowest BCUT2D eigenvalue weighted by atomic mass is 10.0. The summed E-state index contributed by atoms with van der Waals surface area (Å²) in [6.07, 6.45) is 0. The van der Waals surface area contributed by atoms with Crippen molar-refractivity contribution in [2.45, 2.75) is 13.8 Å². The first kappa shape index (κ1) is 19.9. The van der Waals surface area contributed by atoms with E-state index in [1.165, 1.54) is 12.1 Å². The lowest BCUT2D eigenvalue weighted by Gasteiger charge is -2.12. The van der Waals surface area contributed by atoms with E-state index in [4.69, 9.17) is 20.8 Å². The van der Waals surface area contributed by atoms with E-state index in [0.29, 0.717) is 21.6 Å². The van der Waals surface area contributed by atoms with E-state index in [2.05, 4.69) is 0 Å². The second-order valence-corrected chi connectivity index (χ2v) is 7.36. The van der Waals surface area contributed by atoms with Crippen LogP contribution in [0.3, 0.4) is 0 Å². The third kappa shape index (κ3) is 3.72. The fraction of sp³-hybridized carbons (Fsp3) is 0.0833. The van der Waals surface area contributed by atoms with E-state index >= 15 is 0 Å². The van der Waals surface area contributed by atoms with Gasteiger partial charge in [-0.2, -0.15) is 0 Å². The monoisotopic (exact) mass is 422 g/mol. The molecule has 0 spiro atoms. The van der Waals surface area contributed by atoms with Crippen molar-refractivity contribution in [3.05, 3.63) is 98.4 Å². The highest BCUT2D eigenvalue weighted by molar-refractivity contribution is 6.30. The maximum absolute atomic E-state index is 13.3. The topological polar surface area (TPSA) is 56.5 Å². The minimum Gasteiger partial charge on any atom is -0.452 e. The highest BCUT2D eigenvalue weighted by atomic mass is 35.5. The highest BCUT2D eigenvalue weighted by Crippen LogP contribution is 2.33. The number of carbonyl (C=O) groups excluding carboxylic acids is 1. The summed E-state index contributed by atoms with van der Waals surface area (Å²) in [6, 6.07) is 15.0. The summed E-state index contributed by atoms with van der Waals surface area (Å²) < 4.78 is 24.7. The molecule has 0 amide bonds. The smallest absolute Gasteiger partial charge is 0.343 e. The van der Waals surface area contributed by atoms with Crippen LogP contribution < -0.4 is 10.2 Å². The molecule has 0 bridgehead atoms. The average Bonchev–Trinajstić information content (AvgIpc) is 2.72. The number of esters is 1. The van der Waals surface area contributed by atoms with Crippen LogP contribution in [-0.2, 0) is 0 Å². The molecule has 1 aromatic heterocycles. The molecule has 0 N–H and O–H groups in total. The molecule has 150 valence electrons. The zero-order valence-electron chi connectivity index (χ0n) is 16.2. The molecule has 0 saturated heterocycles. The number of halogens is 2. The number of rotatable bonds is 3.